The summed E-state index contributed by atoms with van der Waals surface area (Å²) in [7, 11) is 0. The van der Waals surface area contributed by atoms with Crippen LogP contribution >= 0.6 is 0 Å². The van der Waals surface area contributed by atoms with Crippen LogP contribution in [0.2, 0.25) is 0 Å². The Hall–Kier alpha value is -1.79. The molecule has 0 aliphatic rings. The zero-order chi connectivity index (χ0) is 10.3. The summed E-state index contributed by atoms with van der Waals surface area (Å²) < 4.78 is 37.2. The third-order valence-electron chi connectivity index (χ3n) is 1.67. The average Bonchev–Trinajstić information content (AvgIpc) is 2.48. The van der Waals surface area contributed by atoms with E-state index in [-0.39, 0.29) is 5.65 Å². The summed E-state index contributed by atoms with van der Waals surface area (Å²) in [5.41, 5.74) is -1.67. The number of halogens is 3. The van der Waals surface area contributed by atoms with E-state index in [1.54, 1.807) is 0 Å². The van der Waals surface area contributed by atoms with Crippen molar-refractivity contribution in [2.45, 2.75) is 6.18 Å². The van der Waals surface area contributed by atoms with Gasteiger partial charge in [0.15, 0.2) is 5.69 Å². The van der Waals surface area contributed by atoms with E-state index in [1.807, 2.05) is 0 Å². The van der Waals surface area contributed by atoms with Gasteiger partial charge in [0.1, 0.15) is 5.65 Å². The van der Waals surface area contributed by atoms with Crippen LogP contribution in [0.15, 0.2) is 23.1 Å². The topological polar surface area (TPSA) is 50.2 Å². The first kappa shape index (κ1) is 8.79. The van der Waals surface area contributed by atoms with Crippen LogP contribution in [0, 0.1) is 0 Å². The van der Waals surface area contributed by atoms with Crippen LogP contribution in [0.25, 0.3) is 5.65 Å². The lowest BCUT2D eigenvalue weighted by Gasteiger charge is -1.98. The van der Waals surface area contributed by atoms with Gasteiger partial charge in [-0.2, -0.15) is 22.8 Å². The predicted octanol–water partition coefficient (Wildman–Crippen LogP) is 1.04. The number of aromatic amines is 1. The summed E-state index contributed by atoms with van der Waals surface area (Å²) in [5.74, 6) is 0. The maximum atomic E-state index is 12.2. The monoisotopic (exact) mass is 203 g/mol. The number of nitrogens with one attached hydrogen (secondary N) is 1. The Bertz CT molecular complexity index is 525. The van der Waals surface area contributed by atoms with Gasteiger partial charge in [0.2, 0.25) is 0 Å². The highest BCUT2D eigenvalue weighted by Gasteiger charge is 2.34. The molecule has 4 nitrogen and oxygen atoms in total. The minimum atomic E-state index is -4.54. The Kier molecular flexibility index (Phi) is 1.63. The fourth-order valence-corrected chi connectivity index (χ4v) is 1.06. The van der Waals surface area contributed by atoms with Crippen molar-refractivity contribution in [2.24, 2.45) is 0 Å². The van der Waals surface area contributed by atoms with Crippen molar-refractivity contribution in [2.75, 3.05) is 0 Å². The number of nitrogens with zero attached hydrogens (tertiary/aromatic N) is 2. The maximum Gasteiger partial charge on any atom is 0.435 e. The van der Waals surface area contributed by atoms with Crippen LogP contribution in [0.3, 0.4) is 0 Å². The highest BCUT2D eigenvalue weighted by atomic mass is 19.4. The summed E-state index contributed by atoms with van der Waals surface area (Å²) >= 11 is 0. The Morgan fingerprint density at radius 2 is 2.14 bits per heavy atom. The van der Waals surface area contributed by atoms with Gasteiger partial charge in [0.05, 0.1) is 0 Å². The number of H-pyrrole nitrogens is 1. The number of aromatic nitrogens is 3. The highest BCUT2D eigenvalue weighted by molar-refractivity contribution is 5.38. The summed E-state index contributed by atoms with van der Waals surface area (Å²) in [5, 5.41) is 3.13. The van der Waals surface area contributed by atoms with Gasteiger partial charge >= 0.3 is 6.18 Å². The Labute approximate surface area is 75.0 Å². The third-order valence-corrected chi connectivity index (χ3v) is 1.67. The first-order chi connectivity index (χ1) is 6.48. The molecular weight excluding hydrogens is 199 g/mol. The molecule has 0 aliphatic carbocycles. The molecule has 2 heterocycles. The summed E-state index contributed by atoms with van der Waals surface area (Å²) in [6.45, 7) is 0. The molecule has 2 aromatic heterocycles. The summed E-state index contributed by atoms with van der Waals surface area (Å²) in [4.78, 5) is 13.5. The van der Waals surface area contributed by atoms with E-state index in [2.05, 4.69) is 10.1 Å². The van der Waals surface area contributed by atoms with E-state index >= 15 is 0 Å². The number of fused-ring (bicyclic) bond motifs is 1. The molecule has 0 aromatic carbocycles. The van der Waals surface area contributed by atoms with Gasteiger partial charge in [-0.15, -0.1) is 0 Å². The van der Waals surface area contributed by atoms with Crippen molar-refractivity contribution < 1.29 is 13.2 Å². The molecule has 0 saturated carbocycles. The van der Waals surface area contributed by atoms with Crippen molar-refractivity contribution in [3.05, 3.63) is 34.4 Å². The van der Waals surface area contributed by atoms with Crippen LogP contribution in [-0.4, -0.2) is 14.6 Å². The van der Waals surface area contributed by atoms with Crippen molar-refractivity contribution >= 4 is 5.65 Å². The summed E-state index contributed by atoms with van der Waals surface area (Å²) in [6.07, 6.45) is -3.27. The molecule has 2 rings (SSSR count). The van der Waals surface area contributed by atoms with Crippen LogP contribution in [0.5, 0.6) is 0 Å². The standard InChI is InChI=1S/C7H4F3N3O/c8-7(9,10)4-3-5-11-2-1-6(14)13(5)12-4/h1-3,11H. The van der Waals surface area contributed by atoms with E-state index in [9.17, 15) is 18.0 Å². The molecule has 2 aromatic rings. The van der Waals surface area contributed by atoms with Gasteiger partial charge in [-0.25, -0.2) is 0 Å². The second kappa shape index (κ2) is 2.60. The normalized spacial score (nSPS) is 12.2. The summed E-state index contributed by atoms with van der Waals surface area (Å²) in [6, 6.07) is 1.88. The van der Waals surface area contributed by atoms with Gasteiger partial charge in [0, 0.05) is 18.3 Å². The molecule has 0 atom stereocenters. The lowest BCUT2D eigenvalue weighted by atomic mass is 10.4. The van der Waals surface area contributed by atoms with Gasteiger partial charge in [0.25, 0.3) is 5.56 Å². The Morgan fingerprint density at radius 3 is 2.71 bits per heavy atom. The largest absolute Gasteiger partial charge is 0.435 e. The van der Waals surface area contributed by atoms with Crippen LogP contribution in [0.1, 0.15) is 5.69 Å². The number of hydrogen-bond donors (Lipinski definition) is 1. The van der Waals surface area contributed by atoms with Gasteiger partial charge in [-0.05, 0) is 0 Å². The van der Waals surface area contributed by atoms with Crippen molar-refractivity contribution in [1.82, 2.24) is 14.6 Å². The van der Waals surface area contributed by atoms with Crippen molar-refractivity contribution in [3.8, 4) is 0 Å². The minimum absolute atomic E-state index is 0.0184. The van der Waals surface area contributed by atoms with E-state index in [0.717, 1.165) is 12.1 Å². The minimum Gasteiger partial charge on any atom is -0.346 e. The number of hydrogen-bond acceptors (Lipinski definition) is 2. The SMILES string of the molecule is O=c1cc[nH]c2cc(C(F)(F)F)nn12. The molecule has 14 heavy (non-hydrogen) atoms. The van der Waals surface area contributed by atoms with Crippen molar-refractivity contribution in [3.63, 3.8) is 0 Å². The molecule has 0 fully saturated rings. The zero-order valence-electron chi connectivity index (χ0n) is 6.67. The second-order valence-electron chi connectivity index (χ2n) is 2.64. The molecular formula is C7H4F3N3O. The fourth-order valence-electron chi connectivity index (χ4n) is 1.06. The zero-order valence-corrected chi connectivity index (χ0v) is 6.67. The second-order valence-corrected chi connectivity index (χ2v) is 2.64. The highest BCUT2D eigenvalue weighted by Crippen LogP contribution is 2.27. The average molecular weight is 203 g/mol. The van der Waals surface area contributed by atoms with Crippen LogP contribution in [-0.2, 0) is 6.18 Å². The Balaban J connectivity index is 2.75. The molecule has 0 radical (unpaired) electrons. The lowest BCUT2D eigenvalue weighted by Crippen LogP contribution is -2.14. The molecule has 0 aliphatic heterocycles. The number of rotatable bonds is 0. The quantitative estimate of drug-likeness (QED) is 0.695. The lowest BCUT2D eigenvalue weighted by molar-refractivity contribution is -0.141. The maximum absolute atomic E-state index is 12.2. The van der Waals surface area contributed by atoms with E-state index in [0.29, 0.717) is 4.52 Å². The molecule has 0 bridgehead atoms. The molecule has 74 valence electrons. The molecule has 0 saturated heterocycles. The Morgan fingerprint density at radius 1 is 1.43 bits per heavy atom. The molecule has 0 spiro atoms. The van der Waals surface area contributed by atoms with E-state index in [4.69, 9.17) is 0 Å². The van der Waals surface area contributed by atoms with E-state index in [1.165, 1.54) is 6.20 Å². The first-order valence-electron chi connectivity index (χ1n) is 3.63. The van der Waals surface area contributed by atoms with Crippen molar-refractivity contribution in [1.29, 1.82) is 0 Å². The molecule has 7 heteroatoms. The van der Waals surface area contributed by atoms with Gasteiger partial charge < -0.3 is 4.98 Å². The smallest absolute Gasteiger partial charge is 0.346 e. The molecule has 0 unspecified atom stereocenters. The van der Waals surface area contributed by atoms with E-state index < -0.39 is 17.4 Å². The molecule has 1 N–H and O–H groups in total. The fraction of sp³-hybridized carbons (Fsp3) is 0.143. The number of alkyl halides is 3. The predicted molar refractivity (Wildman–Crippen MR) is 40.8 cm³/mol. The van der Waals surface area contributed by atoms with Gasteiger partial charge in [-0.3, -0.25) is 4.79 Å². The molecule has 0 amide bonds. The van der Waals surface area contributed by atoms with Crippen LogP contribution < -0.4 is 5.56 Å². The third kappa shape index (κ3) is 1.26. The van der Waals surface area contributed by atoms with Crippen LogP contribution in [0.4, 0.5) is 13.2 Å². The van der Waals surface area contributed by atoms with Gasteiger partial charge in [-0.1, -0.05) is 0 Å². The first-order valence-corrected chi connectivity index (χ1v) is 3.63.